The Morgan fingerprint density at radius 2 is 1.71 bits per heavy atom. The van der Waals surface area contributed by atoms with Gasteiger partial charge in [-0.15, -0.1) is 0 Å². The van der Waals surface area contributed by atoms with Gasteiger partial charge >= 0.3 is 0 Å². The normalized spacial score (nSPS) is 37.0. The Hall–Kier alpha value is -1.02. The van der Waals surface area contributed by atoms with Crippen molar-refractivity contribution in [1.29, 1.82) is 0 Å². The van der Waals surface area contributed by atoms with Crippen molar-refractivity contribution < 1.29 is 4.74 Å². The number of benzene rings is 1. The van der Waals surface area contributed by atoms with E-state index in [1.165, 1.54) is 49.7 Å². The average molecular weight is 285 g/mol. The molecule has 114 valence electrons. The van der Waals surface area contributed by atoms with Gasteiger partial charge in [0.25, 0.3) is 0 Å². The molecule has 2 heteroatoms. The maximum atomic E-state index is 5.53. The fourth-order valence-corrected chi connectivity index (χ4v) is 5.66. The molecule has 0 saturated heterocycles. The quantitative estimate of drug-likeness (QED) is 0.900. The molecule has 4 bridgehead atoms. The number of methoxy groups -OCH3 is 1. The van der Waals surface area contributed by atoms with Gasteiger partial charge in [0.05, 0.1) is 7.11 Å². The molecule has 0 atom stereocenters. The van der Waals surface area contributed by atoms with Crippen LogP contribution in [-0.2, 0) is 6.54 Å². The van der Waals surface area contributed by atoms with Crippen LogP contribution in [0.25, 0.3) is 0 Å². The lowest BCUT2D eigenvalue weighted by molar-refractivity contribution is -0.0206. The maximum Gasteiger partial charge on any atom is 0.123 e. The molecule has 1 N–H and O–H groups in total. The summed E-state index contributed by atoms with van der Waals surface area (Å²) in [6.45, 7) is 3.12. The zero-order chi connectivity index (χ0) is 14.4. The summed E-state index contributed by atoms with van der Waals surface area (Å²) in [7, 11) is 1.78. The number of hydrogen-bond acceptors (Lipinski definition) is 2. The van der Waals surface area contributed by atoms with Crippen molar-refractivity contribution in [2.45, 2.75) is 57.5 Å². The largest absolute Gasteiger partial charge is 0.496 e. The van der Waals surface area contributed by atoms with E-state index in [1.54, 1.807) is 7.11 Å². The van der Waals surface area contributed by atoms with Gasteiger partial charge in [0.2, 0.25) is 0 Å². The summed E-state index contributed by atoms with van der Waals surface area (Å²) in [5.41, 5.74) is 3.06. The van der Waals surface area contributed by atoms with Crippen molar-refractivity contribution in [3.05, 3.63) is 29.3 Å². The lowest BCUT2D eigenvalue weighted by Crippen LogP contribution is -2.58. The van der Waals surface area contributed by atoms with Crippen LogP contribution in [0.3, 0.4) is 0 Å². The van der Waals surface area contributed by atoms with E-state index < -0.39 is 0 Å². The minimum Gasteiger partial charge on any atom is -0.496 e. The molecular formula is C19H27NO. The van der Waals surface area contributed by atoms with Crippen LogP contribution in [0.15, 0.2) is 18.2 Å². The van der Waals surface area contributed by atoms with E-state index in [0.717, 1.165) is 30.0 Å². The maximum absolute atomic E-state index is 5.53. The Balaban J connectivity index is 1.51. The first-order chi connectivity index (χ1) is 10.2. The molecule has 0 radical (unpaired) electrons. The second-order valence-corrected chi connectivity index (χ2v) is 7.87. The molecule has 4 fully saturated rings. The summed E-state index contributed by atoms with van der Waals surface area (Å²) < 4.78 is 5.53. The highest BCUT2D eigenvalue weighted by Gasteiger charge is 2.50. The zero-order valence-corrected chi connectivity index (χ0v) is 13.3. The summed E-state index contributed by atoms with van der Waals surface area (Å²) in [6.07, 6.45) is 8.76. The molecular weight excluding hydrogens is 258 g/mol. The van der Waals surface area contributed by atoms with E-state index in [-0.39, 0.29) is 0 Å². The third-order valence-corrected chi connectivity index (χ3v) is 6.13. The first-order valence-corrected chi connectivity index (χ1v) is 8.54. The monoisotopic (exact) mass is 285 g/mol. The van der Waals surface area contributed by atoms with E-state index in [2.05, 4.69) is 30.4 Å². The molecule has 4 aliphatic rings. The number of hydrogen-bond donors (Lipinski definition) is 1. The molecule has 2 nitrogen and oxygen atoms in total. The first kappa shape index (κ1) is 13.6. The highest BCUT2D eigenvalue weighted by atomic mass is 16.5. The topological polar surface area (TPSA) is 21.3 Å². The Morgan fingerprint density at radius 1 is 1.10 bits per heavy atom. The van der Waals surface area contributed by atoms with Gasteiger partial charge in [0.15, 0.2) is 0 Å². The van der Waals surface area contributed by atoms with Crippen LogP contribution in [0.2, 0.25) is 0 Å². The molecule has 21 heavy (non-hydrogen) atoms. The fourth-order valence-electron chi connectivity index (χ4n) is 5.66. The van der Waals surface area contributed by atoms with Gasteiger partial charge < -0.3 is 10.1 Å². The summed E-state index contributed by atoms with van der Waals surface area (Å²) >= 11 is 0. The molecule has 1 aromatic carbocycles. The highest BCUT2D eigenvalue weighted by molar-refractivity contribution is 5.37. The number of nitrogens with one attached hydrogen (secondary N) is 1. The van der Waals surface area contributed by atoms with Crippen LogP contribution in [0.4, 0.5) is 0 Å². The van der Waals surface area contributed by atoms with Gasteiger partial charge in [-0.05, 0) is 69.3 Å². The van der Waals surface area contributed by atoms with Gasteiger partial charge in [-0.1, -0.05) is 17.7 Å². The van der Waals surface area contributed by atoms with Gasteiger partial charge in [-0.2, -0.15) is 0 Å². The lowest BCUT2D eigenvalue weighted by Gasteiger charge is -2.57. The van der Waals surface area contributed by atoms with Crippen molar-refractivity contribution in [3.63, 3.8) is 0 Å². The molecule has 5 rings (SSSR count). The highest BCUT2D eigenvalue weighted by Crippen LogP contribution is 2.55. The lowest BCUT2D eigenvalue weighted by atomic mass is 9.53. The van der Waals surface area contributed by atoms with Crippen LogP contribution >= 0.6 is 0 Å². The van der Waals surface area contributed by atoms with Crippen LogP contribution in [0.1, 0.15) is 49.7 Å². The standard InChI is InChI=1S/C19H27NO/c1-13-3-4-18(21-2)17(5-13)12-20-19-9-14-6-15(10-19)8-16(7-14)11-19/h3-5,14-16,20H,6-12H2,1-2H3. The van der Waals surface area contributed by atoms with E-state index in [0.29, 0.717) is 5.54 Å². The summed E-state index contributed by atoms with van der Waals surface area (Å²) in [6, 6.07) is 6.51. The van der Waals surface area contributed by atoms with Crippen LogP contribution < -0.4 is 10.1 Å². The second-order valence-electron chi connectivity index (χ2n) is 7.87. The Morgan fingerprint density at radius 3 is 2.29 bits per heavy atom. The SMILES string of the molecule is COc1ccc(C)cc1CNC12CC3CC(CC(C3)C1)C2. The van der Waals surface area contributed by atoms with Crippen molar-refractivity contribution in [2.75, 3.05) is 7.11 Å². The van der Waals surface area contributed by atoms with Gasteiger partial charge in [-0.25, -0.2) is 0 Å². The molecule has 0 heterocycles. The Bertz CT molecular complexity index is 501. The third kappa shape index (κ3) is 2.48. The van der Waals surface area contributed by atoms with Crippen LogP contribution in [0, 0.1) is 24.7 Å². The second kappa shape index (κ2) is 5.01. The average Bonchev–Trinajstić information content (AvgIpc) is 2.44. The van der Waals surface area contributed by atoms with E-state index >= 15 is 0 Å². The van der Waals surface area contributed by atoms with Crippen molar-refractivity contribution in [2.24, 2.45) is 17.8 Å². The van der Waals surface area contributed by atoms with E-state index in [4.69, 9.17) is 4.74 Å². The number of rotatable bonds is 4. The van der Waals surface area contributed by atoms with Crippen molar-refractivity contribution >= 4 is 0 Å². The molecule has 4 saturated carbocycles. The number of ether oxygens (including phenoxy) is 1. The molecule has 0 aromatic heterocycles. The molecule has 1 aromatic rings. The first-order valence-electron chi connectivity index (χ1n) is 8.54. The van der Waals surface area contributed by atoms with Crippen molar-refractivity contribution in [3.8, 4) is 5.75 Å². The minimum absolute atomic E-state index is 0.434. The molecule has 0 amide bonds. The van der Waals surface area contributed by atoms with Crippen molar-refractivity contribution in [1.82, 2.24) is 5.32 Å². The molecule has 4 aliphatic carbocycles. The predicted molar refractivity (Wildman–Crippen MR) is 85.5 cm³/mol. The summed E-state index contributed by atoms with van der Waals surface area (Å²) in [5.74, 6) is 4.03. The van der Waals surface area contributed by atoms with Gasteiger partial charge in [0.1, 0.15) is 5.75 Å². The minimum atomic E-state index is 0.434. The van der Waals surface area contributed by atoms with Gasteiger partial charge in [0, 0.05) is 17.6 Å². The molecule has 0 unspecified atom stereocenters. The van der Waals surface area contributed by atoms with Crippen LogP contribution in [-0.4, -0.2) is 12.6 Å². The third-order valence-electron chi connectivity index (χ3n) is 6.13. The zero-order valence-electron chi connectivity index (χ0n) is 13.3. The van der Waals surface area contributed by atoms with Gasteiger partial charge in [-0.3, -0.25) is 0 Å². The van der Waals surface area contributed by atoms with Crippen LogP contribution in [0.5, 0.6) is 5.75 Å². The summed E-state index contributed by atoms with van der Waals surface area (Å²) in [4.78, 5) is 0. The Labute approximate surface area is 128 Å². The van der Waals surface area contributed by atoms with E-state index in [9.17, 15) is 0 Å². The van der Waals surface area contributed by atoms with E-state index in [1.807, 2.05) is 0 Å². The number of aryl methyl sites for hydroxylation is 1. The fraction of sp³-hybridized carbons (Fsp3) is 0.684. The molecule has 0 spiro atoms. The molecule has 0 aliphatic heterocycles. The predicted octanol–water partition coefficient (Wildman–Crippen LogP) is 4.06. The summed E-state index contributed by atoms with van der Waals surface area (Å²) in [5, 5.41) is 3.97. The smallest absolute Gasteiger partial charge is 0.123 e. The Kier molecular flexibility index (Phi) is 3.25.